The maximum Gasteiger partial charge on any atom is 0.231 e. The van der Waals surface area contributed by atoms with Crippen molar-refractivity contribution in [1.82, 2.24) is 4.90 Å². The molecule has 2 atom stereocenters. The first kappa shape index (κ1) is 12.8. The standard InChI is InChI=1S/C11H20N4O/c1-3-9-7-5-6-8-15(9)11(16)10(4-2)13-14-12/h9-10H,3-8H2,1-2H3. The third-order valence-electron chi connectivity index (χ3n) is 3.24. The van der Waals surface area contributed by atoms with E-state index in [1.807, 2.05) is 11.8 Å². The molecule has 1 heterocycles. The van der Waals surface area contributed by atoms with Crippen molar-refractivity contribution in [2.75, 3.05) is 6.54 Å². The van der Waals surface area contributed by atoms with Gasteiger partial charge in [0, 0.05) is 17.5 Å². The molecule has 0 aromatic carbocycles. The lowest BCUT2D eigenvalue weighted by atomic mass is 9.99. The van der Waals surface area contributed by atoms with Crippen LogP contribution in [0.2, 0.25) is 0 Å². The number of rotatable bonds is 4. The molecule has 0 saturated carbocycles. The fraction of sp³-hybridized carbons (Fsp3) is 0.909. The summed E-state index contributed by atoms with van der Waals surface area (Å²) in [4.78, 5) is 16.8. The van der Waals surface area contributed by atoms with Gasteiger partial charge in [0.1, 0.15) is 6.04 Å². The maximum absolute atomic E-state index is 12.1. The largest absolute Gasteiger partial charge is 0.339 e. The van der Waals surface area contributed by atoms with Gasteiger partial charge in [0.05, 0.1) is 0 Å². The number of hydrogen-bond acceptors (Lipinski definition) is 2. The highest BCUT2D eigenvalue weighted by atomic mass is 16.2. The first-order valence-corrected chi connectivity index (χ1v) is 6.09. The van der Waals surface area contributed by atoms with Crippen LogP contribution in [0.5, 0.6) is 0 Å². The van der Waals surface area contributed by atoms with Crippen molar-refractivity contribution < 1.29 is 4.79 Å². The predicted octanol–water partition coefficient (Wildman–Crippen LogP) is 2.87. The Labute approximate surface area is 96.4 Å². The van der Waals surface area contributed by atoms with Crippen LogP contribution in [0, 0.1) is 0 Å². The first-order chi connectivity index (χ1) is 7.74. The van der Waals surface area contributed by atoms with Gasteiger partial charge in [-0.05, 0) is 37.6 Å². The Balaban J connectivity index is 2.72. The average molecular weight is 224 g/mol. The first-order valence-electron chi connectivity index (χ1n) is 6.09. The zero-order valence-corrected chi connectivity index (χ0v) is 10.1. The van der Waals surface area contributed by atoms with Crippen LogP contribution in [-0.2, 0) is 4.79 Å². The number of azide groups is 1. The van der Waals surface area contributed by atoms with E-state index in [0.29, 0.717) is 12.5 Å². The molecule has 0 aromatic heterocycles. The normalized spacial score (nSPS) is 22.4. The summed E-state index contributed by atoms with van der Waals surface area (Å²) in [5.41, 5.74) is 8.43. The molecule has 5 nitrogen and oxygen atoms in total. The molecule has 0 radical (unpaired) electrons. The second kappa shape index (κ2) is 6.38. The Kier molecular flexibility index (Phi) is 5.12. The molecule has 1 aliphatic heterocycles. The highest BCUT2D eigenvalue weighted by Crippen LogP contribution is 2.21. The van der Waals surface area contributed by atoms with E-state index < -0.39 is 6.04 Å². The minimum Gasteiger partial charge on any atom is -0.339 e. The average Bonchev–Trinajstić information content (AvgIpc) is 2.35. The predicted molar refractivity (Wildman–Crippen MR) is 62.9 cm³/mol. The van der Waals surface area contributed by atoms with Gasteiger partial charge in [-0.2, -0.15) is 0 Å². The monoisotopic (exact) mass is 224 g/mol. The highest BCUT2D eigenvalue weighted by molar-refractivity contribution is 5.82. The number of piperidine rings is 1. The molecular weight excluding hydrogens is 204 g/mol. The fourth-order valence-electron chi connectivity index (χ4n) is 2.27. The Morgan fingerprint density at radius 3 is 2.88 bits per heavy atom. The lowest BCUT2D eigenvalue weighted by Crippen LogP contribution is -2.47. The number of hydrogen-bond donors (Lipinski definition) is 0. The van der Waals surface area contributed by atoms with Gasteiger partial charge in [-0.15, -0.1) is 0 Å². The Hall–Kier alpha value is -1.22. The topological polar surface area (TPSA) is 69.1 Å². The van der Waals surface area contributed by atoms with Gasteiger partial charge < -0.3 is 4.90 Å². The summed E-state index contributed by atoms with van der Waals surface area (Å²) in [6, 6.07) is -0.179. The Bertz CT molecular complexity index is 286. The second-order valence-corrected chi connectivity index (χ2v) is 4.22. The van der Waals surface area contributed by atoms with Gasteiger partial charge >= 0.3 is 0 Å². The van der Waals surface area contributed by atoms with E-state index in [1.54, 1.807) is 0 Å². The molecule has 2 unspecified atom stereocenters. The summed E-state index contributed by atoms with van der Waals surface area (Å²) in [5.74, 6) is 0.00634. The summed E-state index contributed by atoms with van der Waals surface area (Å²) < 4.78 is 0. The van der Waals surface area contributed by atoms with Gasteiger partial charge in [0.25, 0.3) is 0 Å². The third kappa shape index (κ3) is 2.89. The van der Waals surface area contributed by atoms with Crippen LogP contribution in [0.15, 0.2) is 5.11 Å². The summed E-state index contributed by atoms with van der Waals surface area (Å²) in [5, 5.41) is 3.58. The molecule has 1 rings (SSSR count). The minimum atomic E-state index is -0.517. The molecule has 0 N–H and O–H groups in total. The van der Waals surface area contributed by atoms with E-state index in [4.69, 9.17) is 5.53 Å². The molecule has 0 bridgehead atoms. The lowest BCUT2D eigenvalue weighted by molar-refractivity contribution is -0.136. The molecule has 1 aliphatic rings. The Morgan fingerprint density at radius 1 is 1.56 bits per heavy atom. The molecule has 1 amide bonds. The van der Waals surface area contributed by atoms with Gasteiger partial charge in [0.2, 0.25) is 5.91 Å². The van der Waals surface area contributed by atoms with Gasteiger partial charge in [-0.25, -0.2) is 0 Å². The van der Waals surface area contributed by atoms with Crippen LogP contribution in [0.25, 0.3) is 10.4 Å². The summed E-state index contributed by atoms with van der Waals surface area (Å²) in [6.07, 6.45) is 4.90. The molecule has 0 aliphatic carbocycles. The molecule has 5 heteroatoms. The molecule has 90 valence electrons. The van der Waals surface area contributed by atoms with Crippen molar-refractivity contribution >= 4 is 5.91 Å². The summed E-state index contributed by atoms with van der Waals surface area (Å²) >= 11 is 0. The summed E-state index contributed by atoms with van der Waals surface area (Å²) in [6.45, 7) is 4.79. The van der Waals surface area contributed by atoms with Crippen LogP contribution in [0.4, 0.5) is 0 Å². The second-order valence-electron chi connectivity index (χ2n) is 4.22. The summed E-state index contributed by atoms with van der Waals surface area (Å²) in [7, 11) is 0. The number of nitrogens with zero attached hydrogens (tertiary/aromatic N) is 4. The van der Waals surface area contributed by atoms with Crippen LogP contribution in [-0.4, -0.2) is 29.4 Å². The van der Waals surface area contributed by atoms with E-state index in [0.717, 1.165) is 25.8 Å². The third-order valence-corrected chi connectivity index (χ3v) is 3.24. The quantitative estimate of drug-likeness (QED) is 0.411. The van der Waals surface area contributed by atoms with Crippen molar-refractivity contribution in [3.8, 4) is 0 Å². The van der Waals surface area contributed by atoms with E-state index >= 15 is 0 Å². The lowest BCUT2D eigenvalue weighted by Gasteiger charge is -2.36. The van der Waals surface area contributed by atoms with Crippen molar-refractivity contribution in [2.45, 2.75) is 58.0 Å². The maximum atomic E-state index is 12.1. The molecule has 0 spiro atoms. The number of likely N-dealkylation sites (tertiary alicyclic amines) is 1. The van der Waals surface area contributed by atoms with Crippen LogP contribution in [0.3, 0.4) is 0 Å². The van der Waals surface area contributed by atoms with E-state index in [1.165, 1.54) is 6.42 Å². The molecule has 0 aromatic rings. The Morgan fingerprint density at radius 2 is 2.31 bits per heavy atom. The SMILES string of the molecule is CCC(N=[N+]=[N-])C(=O)N1CCCCC1CC. The highest BCUT2D eigenvalue weighted by Gasteiger charge is 2.29. The number of carbonyl (C=O) groups excluding carboxylic acids is 1. The van der Waals surface area contributed by atoms with Crippen molar-refractivity contribution in [2.24, 2.45) is 5.11 Å². The number of carbonyl (C=O) groups is 1. The van der Waals surface area contributed by atoms with Crippen molar-refractivity contribution in [3.05, 3.63) is 10.4 Å². The fourth-order valence-corrected chi connectivity index (χ4v) is 2.27. The van der Waals surface area contributed by atoms with E-state index in [-0.39, 0.29) is 5.91 Å². The zero-order valence-electron chi connectivity index (χ0n) is 10.1. The van der Waals surface area contributed by atoms with Crippen LogP contribution >= 0.6 is 0 Å². The van der Waals surface area contributed by atoms with Crippen molar-refractivity contribution in [1.29, 1.82) is 0 Å². The molecule has 1 fully saturated rings. The minimum absolute atomic E-state index is 0.00634. The van der Waals surface area contributed by atoms with Crippen LogP contribution < -0.4 is 0 Å². The molecule has 16 heavy (non-hydrogen) atoms. The smallest absolute Gasteiger partial charge is 0.231 e. The van der Waals surface area contributed by atoms with E-state index in [9.17, 15) is 4.79 Å². The molecule has 1 saturated heterocycles. The van der Waals surface area contributed by atoms with Crippen LogP contribution in [0.1, 0.15) is 46.0 Å². The van der Waals surface area contributed by atoms with Gasteiger partial charge in [-0.1, -0.05) is 19.0 Å². The zero-order chi connectivity index (χ0) is 12.0. The molecular formula is C11H20N4O. The van der Waals surface area contributed by atoms with Gasteiger partial charge in [-0.3, -0.25) is 4.79 Å². The number of amides is 1. The van der Waals surface area contributed by atoms with E-state index in [2.05, 4.69) is 16.9 Å². The van der Waals surface area contributed by atoms with Gasteiger partial charge in [0.15, 0.2) is 0 Å². The van der Waals surface area contributed by atoms with Crippen molar-refractivity contribution in [3.63, 3.8) is 0 Å².